The van der Waals surface area contributed by atoms with Crippen molar-refractivity contribution in [2.75, 3.05) is 6.54 Å². The smallest absolute Gasteiger partial charge is 0.0649 e. The van der Waals surface area contributed by atoms with Crippen molar-refractivity contribution < 1.29 is 5.11 Å². The van der Waals surface area contributed by atoms with Crippen molar-refractivity contribution in [1.82, 2.24) is 0 Å². The Kier molecular flexibility index (Phi) is 6.81. The highest BCUT2D eigenvalue weighted by molar-refractivity contribution is 6.35. The topological polar surface area (TPSA) is 46.2 Å². The van der Waals surface area contributed by atoms with Crippen molar-refractivity contribution in [3.8, 4) is 0 Å². The van der Waals surface area contributed by atoms with Gasteiger partial charge in [0.1, 0.15) is 0 Å². The maximum Gasteiger partial charge on any atom is 0.0649 e. The summed E-state index contributed by atoms with van der Waals surface area (Å²) in [4.78, 5) is 0. The Balaban J connectivity index is 2.14. The third-order valence-corrected chi connectivity index (χ3v) is 5.22. The van der Waals surface area contributed by atoms with Crippen molar-refractivity contribution in [3.63, 3.8) is 0 Å². The molecule has 2 unspecified atom stereocenters. The van der Waals surface area contributed by atoms with Crippen molar-refractivity contribution >= 4 is 23.2 Å². The lowest BCUT2D eigenvalue weighted by Crippen LogP contribution is -2.33. The highest BCUT2D eigenvalue weighted by Gasteiger charge is 2.29. The summed E-state index contributed by atoms with van der Waals surface area (Å²) in [5, 5.41) is 12.0. The SMILES string of the molecule is NCC(c1ccc(Cl)cc1Cl)C(O)C1CCCCCCC1. The minimum Gasteiger partial charge on any atom is -0.392 e. The highest BCUT2D eigenvalue weighted by Crippen LogP contribution is 2.35. The van der Waals surface area contributed by atoms with E-state index in [4.69, 9.17) is 28.9 Å². The van der Waals surface area contributed by atoms with Gasteiger partial charge in [-0.05, 0) is 36.5 Å². The van der Waals surface area contributed by atoms with Gasteiger partial charge in [0.05, 0.1) is 6.10 Å². The Bertz CT molecular complexity index is 444. The van der Waals surface area contributed by atoms with Crippen LogP contribution in [0.5, 0.6) is 0 Å². The molecule has 0 spiro atoms. The molecule has 3 N–H and O–H groups in total. The van der Waals surface area contributed by atoms with E-state index in [0.29, 0.717) is 22.5 Å². The Labute approximate surface area is 137 Å². The lowest BCUT2D eigenvalue weighted by atomic mass is 9.79. The lowest BCUT2D eigenvalue weighted by molar-refractivity contribution is 0.0680. The molecule has 1 fully saturated rings. The fraction of sp³-hybridized carbons (Fsp3) is 0.647. The van der Waals surface area contributed by atoms with Gasteiger partial charge in [-0.3, -0.25) is 0 Å². The van der Waals surface area contributed by atoms with Crippen LogP contribution in [0.25, 0.3) is 0 Å². The Hall–Kier alpha value is -0.280. The molecule has 1 aliphatic carbocycles. The van der Waals surface area contributed by atoms with Crippen LogP contribution in [0.3, 0.4) is 0 Å². The molecule has 2 nitrogen and oxygen atoms in total. The molecular weight excluding hydrogens is 305 g/mol. The monoisotopic (exact) mass is 329 g/mol. The van der Waals surface area contributed by atoms with Crippen LogP contribution in [-0.4, -0.2) is 17.8 Å². The zero-order valence-electron chi connectivity index (χ0n) is 12.4. The van der Waals surface area contributed by atoms with Crippen LogP contribution in [0.1, 0.15) is 56.4 Å². The van der Waals surface area contributed by atoms with Crippen molar-refractivity contribution in [3.05, 3.63) is 33.8 Å². The van der Waals surface area contributed by atoms with Gasteiger partial charge in [0, 0.05) is 22.5 Å². The van der Waals surface area contributed by atoms with Gasteiger partial charge in [-0.25, -0.2) is 0 Å². The molecule has 0 bridgehead atoms. The summed E-state index contributed by atoms with van der Waals surface area (Å²) in [6.45, 7) is 0.402. The predicted molar refractivity (Wildman–Crippen MR) is 90.1 cm³/mol. The van der Waals surface area contributed by atoms with E-state index in [1.54, 1.807) is 6.07 Å². The van der Waals surface area contributed by atoms with Crippen molar-refractivity contribution in [2.24, 2.45) is 11.7 Å². The van der Waals surface area contributed by atoms with Gasteiger partial charge >= 0.3 is 0 Å². The molecule has 1 aromatic carbocycles. The first-order chi connectivity index (χ1) is 10.1. The number of aliphatic hydroxyl groups excluding tert-OH is 1. The molecule has 1 aliphatic rings. The van der Waals surface area contributed by atoms with Gasteiger partial charge in [-0.2, -0.15) is 0 Å². The molecule has 0 saturated heterocycles. The molecule has 0 heterocycles. The summed E-state index contributed by atoms with van der Waals surface area (Å²) in [5.74, 6) is 0.213. The number of aliphatic hydroxyl groups is 1. The van der Waals surface area contributed by atoms with E-state index in [2.05, 4.69) is 0 Å². The van der Waals surface area contributed by atoms with Crippen molar-refractivity contribution in [2.45, 2.75) is 57.0 Å². The standard InChI is InChI=1S/C17H25Cl2NO/c18-13-8-9-14(16(19)10-13)15(11-20)17(21)12-6-4-2-1-3-5-7-12/h8-10,12,15,17,21H,1-7,11,20H2. The first-order valence-electron chi connectivity index (χ1n) is 7.96. The Morgan fingerprint density at radius 3 is 2.29 bits per heavy atom. The van der Waals surface area contributed by atoms with Gasteiger partial charge in [0.2, 0.25) is 0 Å². The van der Waals surface area contributed by atoms with E-state index in [9.17, 15) is 5.11 Å². The fourth-order valence-electron chi connectivity index (χ4n) is 3.41. The quantitative estimate of drug-likeness (QED) is 0.836. The Morgan fingerprint density at radius 1 is 1.10 bits per heavy atom. The summed E-state index contributed by atoms with van der Waals surface area (Å²) >= 11 is 12.2. The molecule has 0 aromatic heterocycles. The second kappa shape index (κ2) is 8.38. The minimum atomic E-state index is -0.424. The van der Waals surface area contributed by atoms with Gasteiger partial charge < -0.3 is 10.8 Å². The van der Waals surface area contributed by atoms with Crippen molar-refractivity contribution in [1.29, 1.82) is 0 Å². The van der Waals surface area contributed by atoms with Crippen LogP contribution in [0.4, 0.5) is 0 Å². The molecule has 4 heteroatoms. The maximum atomic E-state index is 10.8. The molecule has 1 aromatic rings. The first-order valence-corrected chi connectivity index (χ1v) is 8.72. The van der Waals surface area contributed by atoms with E-state index in [1.165, 1.54) is 32.1 Å². The summed E-state index contributed by atoms with van der Waals surface area (Å²) < 4.78 is 0. The van der Waals surface area contributed by atoms with Crippen LogP contribution in [0.2, 0.25) is 10.0 Å². The third-order valence-electron chi connectivity index (χ3n) is 4.66. The number of hydrogen-bond donors (Lipinski definition) is 2. The van der Waals surface area contributed by atoms with Crippen LogP contribution in [0.15, 0.2) is 18.2 Å². The van der Waals surface area contributed by atoms with Crippen LogP contribution >= 0.6 is 23.2 Å². The maximum absolute atomic E-state index is 10.8. The summed E-state index contributed by atoms with van der Waals surface area (Å²) in [5.41, 5.74) is 6.85. The normalized spacial score (nSPS) is 20.6. The third kappa shape index (κ3) is 4.59. The largest absolute Gasteiger partial charge is 0.392 e. The van der Waals surface area contributed by atoms with E-state index in [1.807, 2.05) is 12.1 Å². The number of halogens is 2. The number of benzene rings is 1. The van der Waals surface area contributed by atoms with E-state index in [0.717, 1.165) is 18.4 Å². The Morgan fingerprint density at radius 2 is 1.71 bits per heavy atom. The highest BCUT2D eigenvalue weighted by atomic mass is 35.5. The number of hydrogen-bond acceptors (Lipinski definition) is 2. The van der Waals surface area contributed by atoms with Gasteiger partial charge in [0.25, 0.3) is 0 Å². The zero-order chi connectivity index (χ0) is 15.2. The van der Waals surface area contributed by atoms with Gasteiger partial charge in [-0.1, -0.05) is 61.4 Å². The van der Waals surface area contributed by atoms with E-state index < -0.39 is 6.10 Å². The average molecular weight is 330 g/mol. The summed E-state index contributed by atoms with van der Waals surface area (Å²) in [6, 6.07) is 5.44. The molecule has 21 heavy (non-hydrogen) atoms. The van der Waals surface area contributed by atoms with Gasteiger partial charge in [-0.15, -0.1) is 0 Å². The lowest BCUT2D eigenvalue weighted by Gasteiger charge is -2.31. The number of rotatable bonds is 4. The zero-order valence-corrected chi connectivity index (χ0v) is 13.9. The van der Waals surface area contributed by atoms with Gasteiger partial charge in [0.15, 0.2) is 0 Å². The molecule has 0 aliphatic heterocycles. The van der Waals surface area contributed by atoms with E-state index in [-0.39, 0.29) is 5.92 Å². The van der Waals surface area contributed by atoms with Crippen LogP contribution in [-0.2, 0) is 0 Å². The predicted octanol–water partition coefficient (Wildman–Crippen LogP) is 4.76. The summed E-state index contributed by atoms with van der Waals surface area (Å²) in [6.07, 6.45) is 8.03. The molecule has 2 atom stereocenters. The minimum absolute atomic E-state index is 0.112. The fourth-order valence-corrected chi connectivity index (χ4v) is 3.96. The molecule has 1 saturated carbocycles. The second-order valence-corrected chi connectivity index (χ2v) is 6.95. The summed E-state index contributed by atoms with van der Waals surface area (Å²) in [7, 11) is 0. The molecule has 118 valence electrons. The molecule has 2 rings (SSSR count). The molecule has 0 amide bonds. The average Bonchev–Trinajstić information content (AvgIpc) is 2.41. The van der Waals surface area contributed by atoms with E-state index >= 15 is 0 Å². The number of nitrogens with two attached hydrogens (primary N) is 1. The molecular formula is C17H25Cl2NO. The molecule has 0 radical (unpaired) electrons. The first kappa shape index (κ1) is 17.1. The van der Waals surface area contributed by atoms with Crippen LogP contribution in [0, 0.1) is 5.92 Å². The second-order valence-electron chi connectivity index (χ2n) is 6.10. The van der Waals surface area contributed by atoms with Crippen LogP contribution < -0.4 is 5.73 Å².